The SMILES string of the molecule is Cc1nc2sccn2c1CNC1CCCC(C)C1. The standard InChI is InChI=1S/C14H21N3S/c1-10-4-3-5-12(8-10)15-9-13-11(2)16-14-17(13)6-7-18-14/h6-7,10,12,15H,3-5,8-9H2,1-2H3. The van der Waals surface area contributed by atoms with Crippen molar-refractivity contribution in [2.24, 2.45) is 5.92 Å². The lowest BCUT2D eigenvalue weighted by molar-refractivity contribution is 0.299. The van der Waals surface area contributed by atoms with E-state index in [0.717, 1.165) is 17.4 Å². The maximum absolute atomic E-state index is 4.59. The predicted molar refractivity (Wildman–Crippen MR) is 76.1 cm³/mol. The first-order valence-electron chi connectivity index (χ1n) is 6.88. The van der Waals surface area contributed by atoms with Crippen LogP contribution in [-0.4, -0.2) is 15.4 Å². The summed E-state index contributed by atoms with van der Waals surface area (Å²) in [6.07, 6.45) is 7.55. The molecule has 3 rings (SSSR count). The summed E-state index contributed by atoms with van der Waals surface area (Å²) in [6.45, 7) is 5.43. The van der Waals surface area contributed by atoms with Crippen molar-refractivity contribution in [3.05, 3.63) is 23.0 Å². The highest BCUT2D eigenvalue weighted by Crippen LogP contribution is 2.24. The molecular formula is C14H21N3S. The van der Waals surface area contributed by atoms with Crippen molar-refractivity contribution >= 4 is 16.3 Å². The molecule has 1 aliphatic rings. The highest BCUT2D eigenvalue weighted by molar-refractivity contribution is 7.15. The summed E-state index contributed by atoms with van der Waals surface area (Å²) in [5, 5.41) is 5.83. The molecule has 2 aromatic rings. The largest absolute Gasteiger partial charge is 0.308 e. The van der Waals surface area contributed by atoms with Crippen molar-refractivity contribution in [1.82, 2.24) is 14.7 Å². The molecule has 1 aliphatic carbocycles. The predicted octanol–water partition coefficient (Wildman–Crippen LogP) is 3.37. The molecule has 4 heteroatoms. The lowest BCUT2D eigenvalue weighted by Crippen LogP contribution is -2.33. The first-order valence-corrected chi connectivity index (χ1v) is 7.76. The van der Waals surface area contributed by atoms with Crippen molar-refractivity contribution in [3.8, 4) is 0 Å². The van der Waals surface area contributed by atoms with Gasteiger partial charge < -0.3 is 5.32 Å². The highest BCUT2D eigenvalue weighted by atomic mass is 32.1. The van der Waals surface area contributed by atoms with Crippen molar-refractivity contribution in [3.63, 3.8) is 0 Å². The Kier molecular flexibility index (Phi) is 3.39. The van der Waals surface area contributed by atoms with Gasteiger partial charge in [0.05, 0.1) is 11.4 Å². The Hall–Kier alpha value is -0.870. The van der Waals surface area contributed by atoms with Crippen LogP contribution in [-0.2, 0) is 6.54 Å². The monoisotopic (exact) mass is 263 g/mol. The Balaban J connectivity index is 1.69. The van der Waals surface area contributed by atoms with Crippen LogP contribution < -0.4 is 5.32 Å². The number of thiazole rings is 1. The van der Waals surface area contributed by atoms with Crippen LogP contribution in [0.1, 0.15) is 44.0 Å². The summed E-state index contributed by atoms with van der Waals surface area (Å²) in [5.41, 5.74) is 2.49. The molecule has 2 atom stereocenters. The number of aryl methyl sites for hydroxylation is 1. The summed E-state index contributed by atoms with van der Waals surface area (Å²) in [4.78, 5) is 5.71. The van der Waals surface area contributed by atoms with Gasteiger partial charge in [0.15, 0.2) is 4.96 Å². The average molecular weight is 263 g/mol. The van der Waals surface area contributed by atoms with E-state index in [4.69, 9.17) is 0 Å². The molecule has 0 spiro atoms. The van der Waals surface area contributed by atoms with Gasteiger partial charge in [-0.3, -0.25) is 4.40 Å². The molecule has 0 radical (unpaired) electrons. The Morgan fingerprint density at radius 2 is 2.39 bits per heavy atom. The Morgan fingerprint density at radius 1 is 1.50 bits per heavy atom. The zero-order chi connectivity index (χ0) is 12.5. The van der Waals surface area contributed by atoms with Crippen LogP contribution in [0.4, 0.5) is 0 Å². The van der Waals surface area contributed by atoms with Crippen LogP contribution in [0.15, 0.2) is 11.6 Å². The molecule has 2 unspecified atom stereocenters. The quantitative estimate of drug-likeness (QED) is 0.920. The van der Waals surface area contributed by atoms with Crippen molar-refractivity contribution in [1.29, 1.82) is 0 Å². The Bertz CT molecular complexity index is 528. The van der Waals surface area contributed by atoms with Crippen LogP contribution in [0.3, 0.4) is 0 Å². The van der Waals surface area contributed by atoms with E-state index in [1.54, 1.807) is 11.3 Å². The van der Waals surface area contributed by atoms with Crippen LogP contribution in [0, 0.1) is 12.8 Å². The number of nitrogens with one attached hydrogen (secondary N) is 1. The highest BCUT2D eigenvalue weighted by Gasteiger charge is 2.19. The minimum Gasteiger partial charge on any atom is -0.308 e. The van der Waals surface area contributed by atoms with E-state index in [0.29, 0.717) is 6.04 Å². The average Bonchev–Trinajstić information content (AvgIpc) is 2.87. The first-order chi connectivity index (χ1) is 8.74. The van der Waals surface area contributed by atoms with Crippen molar-refractivity contribution < 1.29 is 0 Å². The number of fused-ring (bicyclic) bond motifs is 1. The van der Waals surface area contributed by atoms with Gasteiger partial charge >= 0.3 is 0 Å². The number of rotatable bonds is 3. The molecule has 18 heavy (non-hydrogen) atoms. The molecule has 2 aromatic heterocycles. The fraction of sp³-hybridized carbons (Fsp3) is 0.643. The maximum atomic E-state index is 4.59. The topological polar surface area (TPSA) is 29.3 Å². The third kappa shape index (κ3) is 2.31. The molecule has 1 saturated carbocycles. The van der Waals surface area contributed by atoms with E-state index in [1.165, 1.54) is 37.1 Å². The van der Waals surface area contributed by atoms with E-state index in [-0.39, 0.29) is 0 Å². The fourth-order valence-electron chi connectivity index (χ4n) is 3.01. The van der Waals surface area contributed by atoms with E-state index in [9.17, 15) is 0 Å². The number of hydrogen-bond acceptors (Lipinski definition) is 3. The third-order valence-corrected chi connectivity index (χ3v) is 4.81. The first kappa shape index (κ1) is 12.2. The van der Waals surface area contributed by atoms with Gasteiger partial charge in [-0.25, -0.2) is 4.98 Å². The fourth-order valence-corrected chi connectivity index (χ4v) is 3.79. The third-order valence-electron chi connectivity index (χ3n) is 4.06. The number of imidazole rings is 1. The second kappa shape index (κ2) is 5.02. The van der Waals surface area contributed by atoms with Gasteiger partial charge in [0.1, 0.15) is 0 Å². The molecule has 0 amide bonds. The number of nitrogens with zero attached hydrogens (tertiary/aromatic N) is 2. The zero-order valence-electron chi connectivity index (χ0n) is 11.1. The van der Waals surface area contributed by atoms with Crippen LogP contribution in [0.25, 0.3) is 4.96 Å². The van der Waals surface area contributed by atoms with E-state index < -0.39 is 0 Å². The van der Waals surface area contributed by atoms with Crippen LogP contribution in [0.5, 0.6) is 0 Å². The number of aromatic nitrogens is 2. The Morgan fingerprint density at radius 3 is 3.22 bits per heavy atom. The van der Waals surface area contributed by atoms with Crippen LogP contribution >= 0.6 is 11.3 Å². The minimum absolute atomic E-state index is 0.692. The number of hydrogen-bond donors (Lipinski definition) is 1. The van der Waals surface area contributed by atoms with Crippen LogP contribution in [0.2, 0.25) is 0 Å². The lowest BCUT2D eigenvalue weighted by Gasteiger charge is -2.27. The van der Waals surface area contributed by atoms with Gasteiger partial charge in [-0.05, 0) is 25.7 Å². The summed E-state index contributed by atoms with van der Waals surface area (Å²) in [7, 11) is 0. The maximum Gasteiger partial charge on any atom is 0.194 e. The second-order valence-corrected chi connectivity index (χ2v) is 6.42. The van der Waals surface area contributed by atoms with E-state index in [1.807, 2.05) is 0 Å². The molecule has 3 nitrogen and oxygen atoms in total. The molecule has 1 fully saturated rings. The minimum atomic E-state index is 0.692. The zero-order valence-corrected chi connectivity index (χ0v) is 12.0. The van der Waals surface area contributed by atoms with E-state index >= 15 is 0 Å². The molecule has 98 valence electrons. The lowest BCUT2D eigenvalue weighted by atomic mass is 9.87. The normalized spacial score (nSPS) is 24.8. The van der Waals surface area contributed by atoms with Crippen molar-refractivity contribution in [2.75, 3.05) is 0 Å². The smallest absolute Gasteiger partial charge is 0.194 e. The summed E-state index contributed by atoms with van der Waals surface area (Å²) in [6, 6.07) is 0.692. The molecule has 0 aliphatic heterocycles. The van der Waals surface area contributed by atoms with Gasteiger partial charge in [0, 0.05) is 24.2 Å². The summed E-state index contributed by atoms with van der Waals surface area (Å²) < 4.78 is 2.22. The van der Waals surface area contributed by atoms with Gasteiger partial charge in [-0.15, -0.1) is 11.3 Å². The molecular weight excluding hydrogens is 242 g/mol. The molecule has 1 N–H and O–H groups in total. The molecule has 0 bridgehead atoms. The summed E-state index contributed by atoms with van der Waals surface area (Å²) >= 11 is 1.71. The molecule has 0 saturated heterocycles. The van der Waals surface area contributed by atoms with E-state index in [2.05, 4.69) is 40.1 Å². The van der Waals surface area contributed by atoms with Gasteiger partial charge in [0.2, 0.25) is 0 Å². The van der Waals surface area contributed by atoms with Gasteiger partial charge in [-0.2, -0.15) is 0 Å². The van der Waals surface area contributed by atoms with Gasteiger partial charge in [0.25, 0.3) is 0 Å². The Labute approximate surface area is 112 Å². The second-order valence-electron chi connectivity index (χ2n) is 5.55. The van der Waals surface area contributed by atoms with Crippen molar-refractivity contribution in [2.45, 2.75) is 52.1 Å². The molecule has 0 aromatic carbocycles. The summed E-state index contributed by atoms with van der Waals surface area (Å²) in [5.74, 6) is 0.879. The van der Waals surface area contributed by atoms with Gasteiger partial charge in [-0.1, -0.05) is 19.8 Å². The molecule has 2 heterocycles.